The number of aliphatic hydroxyl groups is 1. The van der Waals surface area contributed by atoms with Gasteiger partial charge in [-0.25, -0.2) is 0 Å². The lowest BCUT2D eigenvalue weighted by atomic mass is 9.64. The fourth-order valence-electron chi connectivity index (χ4n) is 5.32. The Balaban J connectivity index is 1.69. The molecule has 3 saturated heterocycles. The van der Waals surface area contributed by atoms with Gasteiger partial charge in [0.1, 0.15) is 0 Å². The summed E-state index contributed by atoms with van der Waals surface area (Å²) in [5.41, 5.74) is 5.74. The molecular formula is C19H22N2O. The van der Waals surface area contributed by atoms with Crippen LogP contribution in [0.2, 0.25) is 0 Å². The number of hydrogen-bond donors (Lipinski definition) is 2. The quantitative estimate of drug-likeness (QED) is 0.794. The van der Waals surface area contributed by atoms with Crippen molar-refractivity contribution in [2.24, 2.45) is 11.8 Å². The van der Waals surface area contributed by atoms with E-state index in [0.29, 0.717) is 30.5 Å². The Morgan fingerprint density at radius 3 is 3.05 bits per heavy atom. The molecule has 0 aliphatic carbocycles. The first-order valence-corrected chi connectivity index (χ1v) is 8.43. The summed E-state index contributed by atoms with van der Waals surface area (Å²) in [6.45, 7) is 3.55. The second-order valence-corrected chi connectivity index (χ2v) is 7.07. The highest BCUT2D eigenvalue weighted by Gasteiger charge is 2.52. The molecule has 2 aromatic rings. The van der Waals surface area contributed by atoms with E-state index in [1.807, 2.05) is 0 Å². The van der Waals surface area contributed by atoms with Crippen molar-refractivity contribution in [2.75, 3.05) is 13.2 Å². The molecule has 0 saturated carbocycles. The first kappa shape index (κ1) is 12.9. The van der Waals surface area contributed by atoms with E-state index in [-0.39, 0.29) is 0 Å². The van der Waals surface area contributed by atoms with E-state index in [1.165, 1.54) is 27.7 Å². The van der Waals surface area contributed by atoms with E-state index in [0.717, 1.165) is 19.4 Å². The molecule has 22 heavy (non-hydrogen) atoms. The minimum Gasteiger partial charge on any atom is -0.396 e. The Hall–Kier alpha value is -1.58. The van der Waals surface area contributed by atoms with Gasteiger partial charge in [0.2, 0.25) is 0 Å². The molecule has 0 spiro atoms. The highest BCUT2D eigenvalue weighted by molar-refractivity contribution is 5.85. The van der Waals surface area contributed by atoms with E-state index in [1.54, 1.807) is 0 Å². The number of nitrogens with one attached hydrogen (secondary N) is 1. The molecule has 0 amide bonds. The molecule has 1 aromatic heterocycles. The number of H-pyrrole nitrogens is 1. The molecule has 1 unspecified atom stereocenters. The third-order valence-corrected chi connectivity index (χ3v) is 6.33. The first-order chi connectivity index (χ1) is 10.8. The van der Waals surface area contributed by atoms with Gasteiger partial charge in [-0.05, 0) is 37.3 Å². The molecular weight excluding hydrogens is 272 g/mol. The van der Waals surface area contributed by atoms with Crippen molar-refractivity contribution in [1.29, 1.82) is 0 Å². The summed E-state index contributed by atoms with van der Waals surface area (Å²) < 4.78 is 0. The molecule has 4 aliphatic heterocycles. The number of aromatic amines is 1. The lowest BCUT2D eigenvalue weighted by molar-refractivity contribution is -0.0503. The van der Waals surface area contributed by atoms with Crippen molar-refractivity contribution in [1.82, 2.24) is 9.88 Å². The molecule has 1 aromatic carbocycles. The Morgan fingerprint density at radius 1 is 1.36 bits per heavy atom. The Labute approximate surface area is 130 Å². The average Bonchev–Trinajstić information content (AvgIpc) is 2.93. The molecule has 6 rings (SSSR count). The summed E-state index contributed by atoms with van der Waals surface area (Å²) in [7, 11) is 0. The van der Waals surface area contributed by atoms with Gasteiger partial charge in [-0.2, -0.15) is 0 Å². The van der Waals surface area contributed by atoms with E-state index in [4.69, 9.17) is 0 Å². The molecule has 3 heteroatoms. The van der Waals surface area contributed by atoms with Gasteiger partial charge in [0.25, 0.3) is 0 Å². The van der Waals surface area contributed by atoms with Crippen molar-refractivity contribution in [3.05, 3.63) is 47.2 Å². The van der Waals surface area contributed by atoms with Crippen molar-refractivity contribution in [2.45, 2.75) is 31.8 Å². The van der Waals surface area contributed by atoms with E-state index in [2.05, 4.69) is 47.1 Å². The van der Waals surface area contributed by atoms with Crippen LogP contribution < -0.4 is 0 Å². The number of allylic oxidation sites excluding steroid dienone is 1. The fraction of sp³-hybridized carbons (Fsp3) is 0.474. The summed E-state index contributed by atoms with van der Waals surface area (Å²) in [5.74, 6) is 0.965. The second kappa shape index (κ2) is 4.46. The summed E-state index contributed by atoms with van der Waals surface area (Å²) in [5, 5.41) is 11.4. The van der Waals surface area contributed by atoms with Crippen LogP contribution in [0.15, 0.2) is 35.9 Å². The standard InChI is InChI=1S/C19H22N2O/c1-2-11-9-21-17-8-14-12-5-3-4-6-16(12)20-19(14)18(21)7-13(11)15(17)10-22/h2-6,13,15,17-18,20,22H,7-10H2,1H3/b11-2-/t13-,15-,17+,18+/m1/s1. The van der Waals surface area contributed by atoms with Crippen LogP contribution in [0.5, 0.6) is 0 Å². The highest BCUT2D eigenvalue weighted by atomic mass is 16.3. The Morgan fingerprint density at radius 2 is 2.23 bits per heavy atom. The monoisotopic (exact) mass is 294 g/mol. The van der Waals surface area contributed by atoms with Crippen LogP contribution in [-0.2, 0) is 6.42 Å². The van der Waals surface area contributed by atoms with Gasteiger partial charge in [0.05, 0.1) is 6.04 Å². The number of benzene rings is 1. The third-order valence-electron chi connectivity index (χ3n) is 6.33. The van der Waals surface area contributed by atoms with Crippen molar-refractivity contribution < 1.29 is 5.11 Å². The van der Waals surface area contributed by atoms with E-state index in [9.17, 15) is 5.11 Å². The molecule has 114 valence electrons. The van der Waals surface area contributed by atoms with Crippen LogP contribution in [-0.4, -0.2) is 34.2 Å². The largest absolute Gasteiger partial charge is 0.396 e. The van der Waals surface area contributed by atoms with Crippen LogP contribution in [0.4, 0.5) is 0 Å². The molecule has 2 N–H and O–H groups in total. The fourth-order valence-corrected chi connectivity index (χ4v) is 5.32. The van der Waals surface area contributed by atoms with Crippen LogP contribution in [0.1, 0.15) is 30.6 Å². The Bertz CT molecular complexity index is 775. The number of fused-ring (bicyclic) bond motifs is 4. The van der Waals surface area contributed by atoms with Gasteiger partial charge in [-0.15, -0.1) is 0 Å². The normalized spacial score (nSPS) is 37.7. The summed E-state index contributed by atoms with van der Waals surface area (Å²) >= 11 is 0. The van der Waals surface area contributed by atoms with Crippen molar-refractivity contribution in [3.63, 3.8) is 0 Å². The van der Waals surface area contributed by atoms with Gasteiger partial charge in [0, 0.05) is 41.7 Å². The van der Waals surface area contributed by atoms with Crippen LogP contribution in [0, 0.1) is 11.8 Å². The van der Waals surface area contributed by atoms with Crippen LogP contribution in [0.3, 0.4) is 0 Å². The molecule has 4 bridgehead atoms. The minimum absolute atomic E-state index is 0.313. The molecule has 4 aliphatic rings. The van der Waals surface area contributed by atoms with Crippen molar-refractivity contribution in [3.8, 4) is 0 Å². The summed E-state index contributed by atoms with van der Waals surface area (Å²) in [6.07, 6.45) is 4.51. The van der Waals surface area contributed by atoms with Gasteiger partial charge < -0.3 is 10.1 Å². The zero-order valence-corrected chi connectivity index (χ0v) is 12.9. The maximum Gasteiger partial charge on any atom is 0.0514 e. The number of aliphatic hydroxyl groups excluding tert-OH is 1. The number of aromatic nitrogens is 1. The lowest BCUT2D eigenvalue weighted by Gasteiger charge is -2.58. The molecule has 0 radical (unpaired) electrons. The lowest BCUT2D eigenvalue weighted by Crippen LogP contribution is -2.60. The maximum absolute atomic E-state index is 9.99. The van der Waals surface area contributed by atoms with Gasteiger partial charge in [-0.1, -0.05) is 29.8 Å². The maximum atomic E-state index is 9.99. The van der Waals surface area contributed by atoms with Crippen LogP contribution in [0.25, 0.3) is 10.9 Å². The van der Waals surface area contributed by atoms with E-state index >= 15 is 0 Å². The Kier molecular flexibility index (Phi) is 2.62. The topological polar surface area (TPSA) is 39.3 Å². The average molecular weight is 294 g/mol. The van der Waals surface area contributed by atoms with E-state index < -0.39 is 0 Å². The zero-order valence-electron chi connectivity index (χ0n) is 12.9. The third kappa shape index (κ3) is 1.48. The molecule has 5 atom stereocenters. The molecule has 3 nitrogen and oxygen atoms in total. The summed E-state index contributed by atoms with van der Waals surface area (Å²) in [6, 6.07) is 9.68. The number of piperidine rings is 3. The van der Waals surface area contributed by atoms with Crippen molar-refractivity contribution >= 4 is 10.9 Å². The zero-order chi connectivity index (χ0) is 14.8. The number of rotatable bonds is 1. The summed E-state index contributed by atoms with van der Waals surface area (Å²) in [4.78, 5) is 6.35. The number of nitrogens with zero attached hydrogens (tertiary/aromatic N) is 1. The second-order valence-electron chi connectivity index (χ2n) is 7.07. The van der Waals surface area contributed by atoms with Gasteiger partial charge >= 0.3 is 0 Å². The van der Waals surface area contributed by atoms with Gasteiger partial charge in [-0.3, -0.25) is 4.90 Å². The molecule has 3 fully saturated rings. The number of hydrogen-bond acceptors (Lipinski definition) is 2. The highest BCUT2D eigenvalue weighted by Crippen LogP contribution is 2.53. The minimum atomic E-state index is 0.313. The molecule has 5 heterocycles. The smallest absolute Gasteiger partial charge is 0.0514 e. The SMILES string of the molecule is C/C=C1/CN2[C@H]3C[C@H]1[C@@H](CO)[C@@H]2Cc1c3[nH]c2ccccc12. The van der Waals surface area contributed by atoms with Gasteiger partial charge in [0.15, 0.2) is 0 Å². The predicted octanol–water partition coefficient (Wildman–Crippen LogP) is 3.02. The van der Waals surface area contributed by atoms with Crippen LogP contribution >= 0.6 is 0 Å². The predicted molar refractivity (Wildman–Crippen MR) is 87.7 cm³/mol. The first-order valence-electron chi connectivity index (χ1n) is 8.43. The number of para-hydroxylation sites is 1.